The smallest absolute Gasteiger partial charge is 0.229 e. The summed E-state index contributed by atoms with van der Waals surface area (Å²) in [5.41, 5.74) is 2.78. The lowest BCUT2D eigenvalue weighted by Gasteiger charge is -2.15. The van der Waals surface area contributed by atoms with Crippen LogP contribution in [-0.4, -0.2) is 41.1 Å². The van der Waals surface area contributed by atoms with Crippen LogP contribution in [0.4, 0.5) is 23.1 Å². The van der Waals surface area contributed by atoms with Crippen molar-refractivity contribution in [3.63, 3.8) is 0 Å². The number of rotatable bonds is 8. The highest BCUT2D eigenvalue weighted by Crippen LogP contribution is 2.23. The predicted octanol–water partition coefficient (Wildman–Crippen LogP) is 5.40. The standard InChI is InChI=1S/C23H26ClN5O/c1-17-16-25-23(28-22(17)26-19-6-4-18(24)5-7-19)27-20-8-10-21(11-9-20)30-15-14-29-12-2-3-13-29/h4-11,16H,2-3,12-15H2,1H3,(H2,25,26,27,28). The summed E-state index contributed by atoms with van der Waals surface area (Å²) in [6.07, 6.45) is 4.40. The summed E-state index contributed by atoms with van der Waals surface area (Å²) < 4.78 is 5.86. The van der Waals surface area contributed by atoms with E-state index >= 15 is 0 Å². The van der Waals surface area contributed by atoms with Crippen LogP contribution in [0.5, 0.6) is 5.75 Å². The van der Waals surface area contributed by atoms with Crippen LogP contribution in [0.25, 0.3) is 0 Å². The van der Waals surface area contributed by atoms with E-state index in [1.807, 2.05) is 55.5 Å². The molecule has 0 amide bonds. The third-order valence-electron chi connectivity index (χ3n) is 5.06. The molecule has 4 rings (SSSR count). The minimum atomic E-state index is 0.528. The van der Waals surface area contributed by atoms with Crippen LogP contribution in [0.1, 0.15) is 18.4 Å². The Hall–Kier alpha value is -2.83. The van der Waals surface area contributed by atoms with Gasteiger partial charge in [0.05, 0.1) is 0 Å². The largest absolute Gasteiger partial charge is 0.492 e. The third-order valence-corrected chi connectivity index (χ3v) is 5.32. The van der Waals surface area contributed by atoms with Crippen molar-refractivity contribution in [2.75, 3.05) is 36.9 Å². The predicted molar refractivity (Wildman–Crippen MR) is 122 cm³/mol. The van der Waals surface area contributed by atoms with Gasteiger partial charge < -0.3 is 15.4 Å². The number of ether oxygens (including phenoxy) is 1. The van der Waals surface area contributed by atoms with Crippen molar-refractivity contribution in [1.29, 1.82) is 0 Å². The monoisotopic (exact) mass is 423 g/mol. The number of anilines is 4. The van der Waals surface area contributed by atoms with Crippen molar-refractivity contribution in [2.45, 2.75) is 19.8 Å². The number of likely N-dealkylation sites (tertiary alicyclic amines) is 1. The Kier molecular flexibility index (Phi) is 6.67. The van der Waals surface area contributed by atoms with Gasteiger partial charge in [0.2, 0.25) is 5.95 Å². The van der Waals surface area contributed by atoms with E-state index < -0.39 is 0 Å². The van der Waals surface area contributed by atoms with Gasteiger partial charge in [0.15, 0.2) is 0 Å². The van der Waals surface area contributed by atoms with Gasteiger partial charge in [0, 0.05) is 34.7 Å². The molecule has 6 nitrogen and oxygen atoms in total. The lowest BCUT2D eigenvalue weighted by atomic mass is 10.3. The van der Waals surface area contributed by atoms with Crippen LogP contribution in [0.15, 0.2) is 54.7 Å². The van der Waals surface area contributed by atoms with Gasteiger partial charge in [0.1, 0.15) is 18.2 Å². The highest BCUT2D eigenvalue weighted by Gasteiger charge is 2.11. The van der Waals surface area contributed by atoms with Gasteiger partial charge in [-0.25, -0.2) is 4.98 Å². The normalized spacial score (nSPS) is 13.9. The molecule has 1 aromatic heterocycles. The lowest BCUT2D eigenvalue weighted by Crippen LogP contribution is -2.25. The number of hydrogen-bond acceptors (Lipinski definition) is 6. The van der Waals surface area contributed by atoms with Gasteiger partial charge in [-0.2, -0.15) is 4.98 Å². The van der Waals surface area contributed by atoms with E-state index in [0.29, 0.717) is 17.6 Å². The zero-order valence-corrected chi connectivity index (χ0v) is 17.8. The van der Waals surface area contributed by atoms with Gasteiger partial charge >= 0.3 is 0 Å². The number of benzene rings is 2. The Morgan fingerprint density at radius 3 is 2.37 bits per heavy atom. The first-order valence-corrected chi connectivity index (χ1v) is 10.6. The number of nitrogens with zero attached hydrogens (tertiary/aromatic N) is 3. The molecule has 0 aliphatic carbocycles. The van der Waals surface area contributed by atoms with E-state index in [0.717, 1.165) is 35.1 Å². The number of hydrogen-bond donors (Lipinski definition) is 2. The molecule has 0 bridgehead atoms. The zero-order chi connectivity index (χ0) is 20.8. The topological polar surface area (TPSA) is 62.3 Å². The molecule has 7 heteroatoms. The van der Waals surface area contributed by atoms with Gasteiger partial charge in [-0.1, -0.05) is 11.6 Å². The molecule has 2 heterocycles. The van der Waals surface area contributed by atoms with Crippen LogP contribution < -0.4 is 15.4 Å². The molecule has 0 radical (unpaired) electrons. The van der Waals surface area contributed by atoms with Gasteiger partial charge in [-0.15, -0.1) is 0 Å². The number of nitrogens with one attached hydrogen (secondary N) is 2. The fourth-order valence-electron chi connectivity index (χ4n) is 3.36. The Bertz CT molecular complexity index is 956. The van der Waals surface area contributed by atoms with Crippen molar-refractivity contribution in [1.82, 2.24) is 14.9 Å². The van der Waals surface area contributed by atoms with Crippen LogP contribution in [0, 0.1) is 6.92 Å². The first-order chi connectivity index (χ1) is 14.7. The third kappa shape index (κ3) is 5.62. The SMILES string of the molecule is Cc1cnc(Nc2ccc(OCCN3CCCC3)cc2)nc1Nc1ccc(Cl)cc1. The highest BCUT2D eigenvalue weighted by molar-refractivity contribution is 6.30. The van der Waals surface area contributed by atoms with Crippen LogP contribution in [-0.2, 0) is 0 Å². The van der Waals surface area contributed by atoms with Gasteiger partial charge in [-0.3, -0.25) is 4.90 Å². The van der Waals surface area contributed by atoms with Crippen molar-refractivity contribution < 1.29 is 4.74 Å². The van der Waals surface area contributed by atoms with E-state index in [-0.39, 0.29) is 0 Å². The van der Waals surface area contributed by atoms with E-state index in [1.165, 1.54) is 25.9 Å². The van der Waals surface area contributed by atoms with Crippen molar-refractivity contribution in [3.05, 3.63) is 65.3 Å². The Morgan fingerprint density at radius 2 is 1.63 bits per heavy atom. The molecule has 1 saturated heterocycles. The summed E-state index contributed by atoms with van der Waals surface area (Å²) in [6, 6.07) is 15.4. The number of halogens is 1. The molecule has 30 heavy (non-hydrogen) atoms. The second kappa shape index (κ2) is 9.78. The fourth-order valence-corrected chi connectivity index (χ4v) is 3.49. The second-order valence-electron chi connectivity index (χ2n) is 7.40. The first kappa shape index (κ1) is 20.4. The highest BCUT2D eigenvalue weighted by atomic mass is 35.5. The molecule has 1 aliphatic rings. The molecular weight excluding hydrogens is 398 g/mol. The summed E-state index contributed by atoms with van der Waals surface area (Å²) in [7, 11) is 0. The Labute approximate surface area is 182 Å². The quantitative estimate of drug-likeness (QED) is 0.505. The average Bonchev–Trinajstić information content (AvgIpc) is 3.27. The molecule has 1 aliphatic heterocycles. The van der Waals surface area contributed by atoms with Gasteiger partial charge in [0.25, 0.3) is 0 Å². The molecule has 0 saturated carbocycles. The molecule has 0 atom stereocenters. The van der Waals surface area contributed by atoms with Crippen molar-refractivity contribution >= 4 is 34.7 Å². The molecule has 3 aromatic rings. The Morgan fingerprint density at radius 1 is 0.967 bits per heavy atom. The molecular formula is C23H26ClN5O. The molecule has 1 fully saturated rings. The summed E-state index contributed by atoms with van der Waals surface area (Å²) in [5, 5.41) is 7.25. The summed E-state index contributed by atoms with van der Waals surface area (Å²) >= 11 is 5.96. The maximum absolute atomic E-state index is 5.96. The van der Waals surface area contributed by atoms with E-state index in [2.05, 4.69) is 25.5 Å². The van der Waals surface area contributed by atoms with Crippen LogP contribution >= 0.6 is 11.6 Å². The molecule has 0 unspecified atom stereocenters. The lowest BCUT2D eigenvalue weighted by molar-refractivity contribution is 0.238. The van der Waals surface area contributed by atoms with E-state index in [1.54, 1.807) is 6.20 Å². The minimum absolute atomic E-state index is 0.528. The second-order valence-corrected chi connectivity index (χ2v) is 7.84. The summed E-state index contributed by atoms with van der Waals surface area (Å²) in [5.74, 6) is 2.14. The minimum Gasteiger partial charge on any atom is -0.492 e. The zero-order valence-electron chi connectivity index (χ0n) is 17.1. The van der Waals surface area contributed by atoms with Gasteiger partial charge in [-0.05, 0) is 81.4 Å². The summed E-state index contributed by atoms with van der Waals surface area (Å²) in [6.45, 7) is 6.06. The van der Waals surface area contributed by atoms with E-state index in [9.17, 15) is 0 Å². The molecule has 2 N–H and O–H groups in total. The molecule has 2 aromatic carbocycles. The van der Waals surface area contributed by atoms with Crippen molar-refractivity contribution in [3.8, 4) is 5.75 Å². The summed E-state index contributed by atoms with van der Waals surface area (Å²) in [4.78, 5) is 11.4. The fraction of sp³-hybridized carbons (Fsp3) is 0.304. The van der Waals surface area contributed by atoms with E-state index in [4.69, 9.17) is 16.3 Å². The maximum Gasteiger partial charge on any atom is 0.229 e. The van der Waals surface area contributed by atoms with Crippen LogP contribution in [0.2, 0.25) is 5.02 Å². The maximum atomic E-state index is 5.96. The molecule has 0 spiro atoms. The van der Waals surface area contributed by atoms with Crippen LogP contribution in [0.3, 0.4) is 0 Å². The average molecular weight is 424 g/mol. The number of aryl methyl sites for hydroxylation is 1. The molecule has 156 valence electrons. The first-order valence-electron chi connectivity index (χ1n) is 10.2. The number of aromatic nitrogens is 2. The Balaban J connectivity index is 1.34. The van der Waals surface area contributed by atoms with Crippen molar-refractivity contribution in [2.24, 2.45) is 0 Å².